The number of rotatable bonds is 2. The summed E-state index contributed by atoms with van der Waals surface area (Å²) < 4.78 is 0. The van der Waals surface area contributed by atoms with Crippen molar-refractivity contribution in [2.75, 3.05) is 0 Å². The van der Waals surface area contributed by atoms with Crippen LogP contribution in [0.5, 0.6) is 0 Å². The number of nitrogens with two attached hydrogens (primary N) is 1. The molecule has 1 saturated carbocycles. The average Bonchev–Trinajstić information content (AvgIpc) is 1.85. The third-order valence-corrected chi connectivity index (χ3v) is 2.54. The molecule has 0 radical (unpaired) electrons. The maximum Gasteiger partial charge on any atom is 0.00996 e. The molecule has 0 bridgehead atoms. The van der Waals surface area contributed by atoms with Gasteiger partial charge in [0.15, 0.2) is 0 Å². The zero-order valence-electron chi connectivity index (χ0n) is 7.90. The molecule has 2 N–H and O–H groups in total. The van der Waals surface area contributed by atoms with Crippen LogP contribution in [0.3, 0.4) is 0 Å². The van der Waals surface area contributed by atoms with Crippen molar-refractivity contribution in [3.05, 3.63) is 0 Å². The first kappa shape index (κ1) is 9.05. The van der Waals surface area contributed by atoms with Gasteiger partial charge in [-0.25, -0.2) is 0 Å². The molecule has 0 spiro atoms. The highest BCUT2D eigenvalue weighted by molar-refractivity contribution is 4.78. The molecule has 1 fully saturated rings. The van der Waals surface area contributed by atoms with Crippen molar-refractivity contribution < 1.29 is 0 Å². The lowest BCUT2D eigenvalue weighted by Gasteiger charge is -2.28. The van der Waals surface area contributed by atoms with Gasteiger partial charge in [0, 0.05) is 5.54 Å². The minimum atomic E-state index is 0.0575. The van der Waals surface area contributed by atoms with E-state index in [1.54, 1.807) is 0 Å². The van der Waals surface area contributed by atoms with Gasteiger partial charge in [0.1, 0.15) is 0 Å². The molecule has 0 unspecified atom stereocenters. The van der Waals surface area contributed by atoms with Crippen LogP contribution in [0.2, 0.25) is 0 Å². The average molecular weight is 155 g/mol. The van der Waals surface area contributed by atoms with Crippen LogP contribution in [0.15, 0.2) is 0 Å². The molecular formula is C10H21N. The molecule has 0 saturated heterocycles. The van der Waals surface area contributed by atoms with Gasteiger partial charge in [0.05, 0.1) is 0 Å². The second-order valence-electron chi connectivity index (χ2n) is 4.70. The Hall–Kier alpha value is -0.0400. The van der Waals surface area contributed by atoms with E-state index in [4.69, 9.17) is 5.73 Å². The minimum Gasteiger partial charge on any atom is -0.326 e. The summed E-state index contributed by atoms with van der Waals surface area (Å²) in [7, 11) is 0. The summed E-state index contributed by atoms with van der Waals surface area (Å²) >= 11 is 0. The normalized spacial score (nSPS) is 22.1. The fraction of sp³-hybridized carbons (Fsp3) is 1.00. The summed E-state index contributed by atoms with van der Waals surface area (Å²) in [5, 5.41) is 0. The summed E-state index contributed by atoms with van der Waals surface area (Å²) in [6.45, 7) is 4.28. The molecule has 0 heterocycles. The Morgan fingerprint density at radius 3 is 2.18 bits per heavy atom. The second-order valence-corrected chi connectivity index (χ2v) is 4.70. The van der Waals surface area contributed by atoms with Gasteiger partial charge in [0.2, 0.25) is 0 Å². The van der Waals surface area contributed by atoms with E-state index in [9.17, 15) is 0 Å². The molecular weight excluding hydrogens is 134 g/mol. The highest BCUT2D eigenvalue weighted by Gasteiger charge is 2.20. The van der Waals surface area contributed by atoms with E-state index in [-0.39, 0.29) is 5.54 Å². The molecule has 0 aromatic rings. The molecule has 1 nitrogen and oxygen atoms in total. The number of hydrogen-bond acceptors (Lipinski definition) is 1. The lowest BCUT2D eigenvalue weighted by atomic mass is 9.81. The molecule has 0 aromatic heterocycles. The first-order valence-corrected chi connectivity index (χ1v) is 4.87. The summed E-state index contributed by atoms with van der Waals surface area (Å²) in [4.78, 5) is 0. The monoisotopic (exact) mass is 155 g/mol. The van der Waals surface area contributed by atoms with Crippen molar-refractivity contribution in [1.82, 2.24) is 0 Å². The predicted molar refractivity (Wildman–Crippen MR) is 49.5 cm³/mol. The zero-order chi connectivity index (χ0) is 8.32. The van der Waals surface area contributed by atoms with Gasteiger partial charge in [-0.15, -0.1) is 0 Å². The highest BCUT2D eigenvalue weighted by Crippen LogP contribution is 2.29. The lowest BCUT2D eigenvalue weighted by Crippen LogP contribution is -2.34. The number of hydrogen-bond donors (Lipinski definition) is 1. The van der Waals surface area contributed by atoms with E-state index in [2.05, 4.69) is 13.8 Å². The van der Waals surface area contributed by atoms with Gasteiger partial charge < -0.3 is 5.73 Å². The maximum atomic E-state index is 5.97. The quantitative estimate of drug-likeness (QED) is 0.652. The third-order valence-electron chi connectivity index (χ3n) is 2.54. The largest absolute Gasteiger partial charge is 0.326 e. The van der Waals surface area contributed by atoms with Gasteiger partial charge in [-0.3, -0.25) is 0 Å². The van der Waals surface area contributed by atoms with Gasteiger partial charge in [-0.2, -0.15) is 0 Å². The van der Waals surface area contributed by atoms with E-state index < -0.39 is 0 Å². The van der Waals surface area contributed by atoms with Crippen LogP contribution in [0.25, 0.3) is 0 Å². The molecule has 66 valence electrons. The zero-order valence-corrected chi connectivity index (χ0v) is 7.90. The van der Waals surface area contributed by atoms with Crippen molar-refractivity contribution in [3.8, 4) is 0 Å². The first-order chi connectivity index (χ1) is 5.08. The summed E-state index contributed by atoms with van der Waals surface area (Å²) in [5.74, 6) is 0.920. The van der Waals surface area contributed by atoms with Gasteiger partial charge in [0.25, 0.3) is 0 Å². The molecule has 1 aliphatic rings. The van der Waals surface area contributed by atoms with E-state index in [1.165, 1.54) is 38.5 Å². The minimum absolute atomic E-state index is 0.0575. The van der Waals surface area contributed by atoms with Crippen LogP contribution in [-0.4, -0.2) is 5.54 Å². The molecule has 0 amide bonds. The molecule has 1 aliphatic carbocycles. The van der Waals surface area contributed by atoms with Crippen LogP contribution in [-0.2, 0) is 0 Å². The standard InChI is InChI=1S/C10H21N/c1-10(2,11)8-9-6-4-3-5-7-9/h9H,3-8,11H2,1-2H3. The molecule has 1 heteroatoms. The molecule has 11 heavy (non-hydrogen) atoms. The predicted octanol–water partition coefficient (Wildman–Crippen LogP) is 2.69. The summed E-state index contributed by atoms with van der Waals surface area (Å²) in [6.07, 6.45) is 8.36. The van der Waals surface area contributed by atoms with E-state index in [1.807, 2.05) is 0 Å². The van der Waals surface area contributed by atoms with Crippen LogP contribution in [0.1, 0.15) is 52.4 Å². The van der Waals surface area contributed by atoms with Crippen molar-refractivity contribution >= 4 is 0 Å². The Balaban J connectivity index is 2.24. The van der Waals surface area contributed by atoms with Crippen molar-refractivity contribution in [3.63, 3.8) is 0 Å². The van der Waals surface area contributed by atoms with Crippen LogP contribution < -0.4 is 5.73 Å². The highest BCUT2D eigenvalue weighted by atomic mass is 14.7. The van der Waals surface area contributed by atoms with Crippen LogP contribution in [0.4, 0.5) is 0 Å². The fourth-order valence-electron chi connectivity index (χ4n) is 2.14. The topological polar surface area (TPSA) is 26.0 Å². The Morgan fingerprint density at radius 1 is 1.18 bits per heavy atom. The molecule has 0 atom stereocenters. The lowest BCUT2D eigenvalue weighted by molar-refractivity contribution is 0.282. The molecule has 0 aromatic carbocycles. The van der Waals surface area contributed by atoms with Gasteiger partial charge in [-0.1, -0.05) is 32.1 Å². The molecule has 1 rings (SSSR count). The van der Waals surface area contributed by atoms with E-state index in [0.29, 0.717) is 0 Å². The SMILES string of the molecule is CC(C)(N)CC1CCCCC1. The van der Waals surface area contributed by atoms with Crippen molar-refractivity contribution in [1.29, 1.82) is 0 Å². The third kappa shape index (κ3) is 3.76. The smallest absolute Gasteiger partial charge is 0.00996 e. The Morgan fingerprint density at radius 2 is 1.73 bits per heavy atom. The summed E-state index contributed by atoms with van der Waals surface area (Å²) in [6, 6.07) is 0. The maximum absolute atomic E-state index is 5.97. The van der Waals surface area contributed by atoms with Crippen molar-refractivity contribution in [2.24, 2.45) is 11.7 Å². The molecule has 0 aliphatic heterocycles. The fourth-order valence-corrected chi connectivity index (χ4v) is 2.14. The Kier molecular flexibility index (Phi) is 2.94. The van der Waals surface area contributed by atoms with E-state index in [0.717, 1.165) is 5.92 Å². The Labute approximate surface area is 70.4 Å². The van der Waals surface area contributed by atoms with Gasteiger partial charge in [-0.05, 0) is 26.2 Å². The Bertz CT molecular complexity index is 107. The summed E-state index contributed by atoms with van der Waals surface area (Å²) in [5.41, 5.74) is 6.02. The van der Waals surface area contributed by atoms with Crippen LogP contribution in [0, 0.1) is 5.92 Å². The first-order valence-electron chi connectivity index (χ1n) is 4.87. The van der Waals surface area contributed by atoms with Gasteiger partial charge >= 0.3 is 0 Å². The van der Waals surface area contributed by atoms with Crippen molar-refractivity contribution in [2.45, 2.75) is 57.9 Å². The van der Waals surface area contributed by atoms with E-state index >= 15 is 0 Å². The second kappa shape index (κ2) is 3.57. The van der Waals surface area contributed by atoms with Crippen LogP contribution >= 0.6 is 0 Å².